The van der Waals surface area contributed by atoms with Crippen molar-refractivity contribution in [2.75, 3.05) is 6.54 Å². The minimum Gasteiger partial charge on any atom is -0.391 e. The van der Waals surface area contributed by atoms with Crippen molar-refractivity contribution in [3.63, 3.8) is 0 Å². The van der Waals surface area contributed by atoms with Gasteiger partial charge in [0.05, 0.1) is 12.5 Å². The number of aliphatic hydroxyl groups excluding tert-OH is 1. The monoisotopic (exact) mass is 143 g/mol. The lowest BCUT2D eigenvalue weighted by Gasteiger charge is -2.09. The summed E-state index contributed by atoms with van der Waals surface area (Å²) in [6.07, 6.45) is -6.98. The van der Waals surface area contributed by atoms with Gasteiger partial charge < -0.3 is 10.8 Å². The van der Waals surface area contributed by atoms with E-state index in [0.717, 1.165) is 0 Å². The van der Waals surface area contributed by atoms with Crippen molar-refractivity contribution in [1.29, 1.82) is 0 Å². The molecule has 0 saturated carbocycles. The summed E-state index contributed by atoms with van der Waals surface area (Å²) in [5.41, 5.74) is 4.73. The molecule has 0 aromatic carbocycles. The summed E-state index contributed by atoms with van der Waals surface area (Å²) in [4.78, 5) is 0. The molecule has 0 aromatic heterocycles. The molecular formula is C4H8F3NO. The molecule has 2 nitrogen and oxygen atoms in total. The Morgan fingerprint density at radius 2 is 1.89 bits per heavy atom. The molecule has 0 bridgehead atoms. The van der Waals surface area contributed by atoms with Gasteiger partial charge in [0.15, 0.2) is 0 Å². The summed E-state index contributed by atoms with van der Waals surface area (Å²) < 4.78 is 33.8. The fourth-order valence-corrected chi connectivity index (χ4v) is 0.351. The van der Waals surface area contributed by atoms with Crippen molar-refractivity contribution in [2.24, 2.45) is 5.73 Å². The van der Waals surface area contributed by atoms with Gasteiger partial charge in [0.2, 0.25) is 0 Å². The fourth-order valence-electron chi connectivity index (χ4n) is 0.351. The van der Waals surface area contributed by atoms with Crippen LogP contribution >= 0.6 is 0 Å². The van der Waals surface area contributed by atoms with E-state index in [-0.39, 0.29) is 6.54 Å². The maximum Gasteiger partial charge on any atom is 0.391 e. The van der Waals surface area contributed by atoms with E-state index in [1.165, 1.54) is 0 Å². The number of alkyl halides is 3. The van der Waals surface area contributed by atoms with Crippen molar-refractivity contribution in [1.82, 2.24) is 0 Å². The molecule has 0 amide bonds. The van der Waals surface area contributed by atoms with E-state index in [0.29, 0.717) is 0 Å². The molecule has 0 saturated heterocycles. The van der Waals surface area contributed by atoms with Crippen molar-refractivity contribution < 1.29 is 18.3 Å². The normalized spacial score (nSPS) is 15.7. The highest BCUT2D eigenvalue weighted by Crippen LogP contribution is 2.20. The minimum absolute atomic E-state index is 0.348. The lowest BCUT2D eigenvalue weighted by atomic mass is 10.2. The SMILES string of the molecule is NCC(O)CC(F)(F)F. The molecular weight excluding hydrogens is 135 g/mol. The molecule has 0 aromatic rings. The highest BCUT2D eigenvalue weighted by molar-refractivity contribution is 4.60. The van der Waals surface area contributed by atoms with Crippen molar-refractivity contribution >= 4 is 0 Å². The van der Waals surface area contributed by atoms with E-state index >= 15 is 0 Å². The van der Waals surface area contributed by atoms with E-state index < -0.39 is 18.7 Å². The summed E-state index contributed by atoms with van der Waals surface area (Å²) in [5.74, 6) is 0. The van der Waals surface area contributed by atoms with Crippen LogP contribution in [0.1, 0.15) is 6.42 Å². The maximum absolute atomic E-state index is 11.3. The average molecular weight is 143 g/mol. The smallest absolute Gasteiger partial charge is 0.391 e. The molecule has 0 rings (SSSR count). The molecule has 3 N–H and O–H groups in total. The predicted molar refractivity (Wildman–Crippen MR) is 25.7 cm³/mol. The number of hydrogen-bond donors (Lipinski definition) is 2. The zero-order valence-electron chi connectivity index (χ0n) is 4.65. The van der Waals surface area contributed by atoms with Crippen LogP contribution in [0.5, 0.6) is 0 Å². The number of aliphatic hydroxyl groups is 1. The Labute approximate surface area is 50.5 Å². The summed E-state index contributed by atoms with van der Waals surface area (Å²) in [5, 5.41) is 8.35. The van der Waals surface area contributed by atoms with E-state index in [4.69, 9.17) is 10.8 Å². The van der Waals surface area contributed by atoms with E-state index in [1.54, 1.807) is 0 Å². The molecule has 1 unspecified atom stereocenters. The first-order chi connectivity index (χ1) is 3.95. The second-order valence-electron chi connectivity index (χ2n) is 1.71. The standard InChI is InChI=1S/C4H8F3NO/c5-4(6,7)1-3(9)2-8/h3,9H,1-2,8H2. The van der Waals surface area contributed by atoms with Crippen LogP contribution in [0.25, 0.3) is 0 Å². The Morgan fingerprint density at radius 3 is 2.00 bits per heavy atom. The van der Waals surface area contributed by atoms with Crippen molar-refractivity contribution in [3.8, 4) is 0 Å². The van der Waals surface area contributed by atoms with Gasteiger partial charge in [0.25, 0.3) is 0 Å². The maximum atomic E-state index is 11.3. The molecule has 9 heavy (non-hydrogen) atoms. The molecule has 0 aliphatic carbocycles. The van der Waals surface area contributed by atoms with Gasteiger partial charge in [-0.15, -0.1) is 0 Å². The van der Waals surface area contributed by atoms with Gasteiger partial charge in [0, 0.05) is 6.54 Å². The summed E-state index contributed by atoms with van der Waals surface area (Å²) >= 11 is 0. The Hall–Kier alpha value is -0.290. The Balaban J connectivity index is 3.47. The number of nitrogens with two attached hydrogens (primary N) is 1. The van der Waals surface area contributed by atoms with Crippen LogP contribution in [0.2, 0.25) is 0 Å². The second-order valence-corrected chi connectivity index (χ2v) is 1.71. The predicted octanol–water partition coefficient (Wildman–Crippen LogP) is 0.258. The first kappa shape index (κ1) is 8.71. The third-order valence-electron chi connectivity index (χ3n) is 0.739. The topological polar surface area (TPSA) is 46.2 Å². The average Bonchev–Trinajstić information content (AvgIpc) is 1.62. The van der Waals surface area contributed by atoms with Crippen LogP contribution in [0.15, 0.2) is 0 Å². The highest BCUT2D eigenvalue weighted by atomic mass is 19.4. The van der Waals surface area contributed by atoms with E-state index in [2.05, 4.69) is 0 Å². The van der Waals surface area contributed by atoms with E-state index in [1.807, 2.05) is 0 Å². The second kappa shape index (κ2) is 3.03. The zero-order chi connectivity index (χ0) is 7.49. The van der Waals surface area contributed by atoms with Gasteiger partial charge in [0.1, 0.15) is 0 Å². The number of halogens is 3. The molecule has 0 aliphatic heterocycles. The highest BCUT2D eigenvalue weighted by Gasteiger charge is 2.30. The molecule has 1 atom stereocenters. The van der Waals surface area contributed by atoms with Crippen LogP contribution < -0.4 is 5.73 Å². The quantitative estimate of drug-likeness (QED) is 0.582. The molecule has 0 aliphatic rings. The number of rotatable bonds is 2. The molecule has 0 heterocycles. The van der Waals surface area contributed by atoms with Crippen LogP contribution in [-0.4, -0.2) is 23.9 Å². The van der Waals surface area contributed by atoms with Gasteiger partial charge in [-0.1, -0.05) is 0 Å². The van der Waals surface area contributed by atoms with Crippen LogP contribution in [-0.2, 0) is 0 Å². The van der Waals surface area contributed by atoms with Gasteiger partial charge in [-0.2, -0.15) is 13.2 Å². The molecule has 0 radical (unpaired) electrons. The van der Waals surface area contributed by atoms with Crippen LogP contribution in [0.3, 0.4) is 0 Å². The van der Waals surface area contributed by atoms with Gasteiger partial charge >= 0.3 is 6.18 Å². The summed E-state index contributed by atoms with van der Waals surface area (Å²) in [6.45, 7) is -0.348. The largest absolute Gasteiger partial charge is 0.391 e. The molecule has 5 heteroatoms. The van der Waals surface area contributed by atoms with Crippen molar-refractivity contribution in [3.05, 3.63) is 0 Å². The van der Waals surface area contributed by atoms with Crippen molar-refractivity contribution in [2.45, 2.75) is 18.7 Å². The first-order valence-corrected chi connectivity index (χ1v) is 2.40. The number of hydrogen-bond acceptors (Lipinski definition) is 2. The van der Waals surface area contributed by atoms with Crippen LogP contribution in [0.4, 0.5) is 13.2 Å². The summed E-state index contributed by atoms with van der Waals surface area (Å²) in [6, 6.07) is 0. The minimum atomic E-state index is -4.31. The Bertz CT molecular complexity index is 82.4. The third-order valence-corrected chi connectivity index (χ3v) is 0.739. The third kappa shape index (κ3) is 5.58. The van der Waals surface area contributed by atoms with E-state index in [9.17, 15) is 13.2 Å². The fraction of sp³-hybridized carbons (Fsp3) is 1.00. The molecule has 0 spiro atoms. The summed E-state index contributed by atoms with van der Waals surface area (Å²) in [7, 11) is 0. The lowest BCUT2D eigenvalue weighted by Crippen LogP contribution is -2.26. The Kier molecular flexibility index (Phi) is 2.93. The Morgan fingerprint density at radius 1 is 1.44 bits per heavy atom. The van der Waals surface area contributed by atoms with Gasteiger partial charge in [-0.25, -0.2) is 0 Å². The lowest BCUT2D eigenvalue weighted by molar-refractivity contribution is -0.152. The molecule has 0 fully saturated rings. The van der Waals surface area contributed by atoms with Gasteiger partial charge in [-0.05, 0) is 0 Å². The molecule has 56 valence electrons. The van der Waals surface area contributed by atoms with Gasteiger partial charge in [-0.3, -0.25) is 0 Å². The zero-order valence-corrected chi connectivity index (χ0v) is 4.65. The van der Waals surface area contributed by atoms with Crippen LogP contribution in [0, 0.1) is 0 Å². The first-order valence-electron chi connectivity index (χ1n) is 2.40.